The predicted octanol–water partition coefficient (Wildman–Crippen LogP) is 2.27. The van der Waals surface area contributed by atoms with Crippen molar-refractivity contribution >= 4 is 16.0 Å². The molecular formula is C15H21NO4S. The SMILES string of the molecule is CCC1CCC(C)N1S(=O)(=O)c1ccc(CC(=O)O)cc1. The van der Waals surface area contributed by atoms with Gasteiger partial charge >= 0.3 is 5.97 Å². The van der Waals surface area contributed by atoms with Crippen molar-refractivity contribution in [2.24, 2.45) is 0 Å². The average Bonchev–Trinajstić information content (AvgIpc) is 2.80. The van der Waals surface area contributed by atoms with Crippen LogP contribution in [-0.4, -0.2) is 35.9 Å². The molecule has 1 fully saturated rings. The van der Waals surface area contributed by atoms with Gasteiger partial charge in [-0.25, -0.2) is 8.42 Å². The van der Waals surface area contributed by atoms with Crippen LogP contribution < -0.4 is 0 Å². The number of carbonyl (C=O) groups is 1. The van der Waals surface area contributed by atoms with Gasteiger partial charge in [0.25, 0.3) is 0 Å². The van der Waals surface area contributed by atoms with Gasteiger partial charge in [-0.05, 0) is 43.9 Å². The van der Waals surface area contributed by atoms with Crippen LogP contribution in [0, 0.1) is 0 Å². The summed E-state index contributed by atoms with van der Waals surface area (Å²) in [6, 6.07) is 6.23. The molecule has 0 amide bonds. The number of hydrogen-bond donors (Lipinski definition) is 1. The Morgan fingerprint density at radius 3 is 2.43 bits per heavy atom. The number of sulfonamides is 1. The highest BCUT2D eigenvalue weighted by Gasteiger charge is 2.38. The van der Waals surface area contributed by atoms with Crippen LogP contribution in [0.4, 0.5) is 0 Å². The standard InChI is InChI=1S/C15H21NO4S/c1-3-13-7-4-11(2)16(13)21(19,20)14-8-5-12(6-9-14)10-15(17)18/h5-6,8-9,11,13H,3-4,7,10H2,1-2H3,(H,17,18). The first kappa shape index (κ1) is 16.0. The van der Waals surface area contributed by atoms with Crippen LogP contribution in [0.5, 0.6) is 0 Å². The summed E-state index contributed by atoms with van der Waals surface area (Å²) in [5.41, 5.74) is 0.600. The van der Waals surface area contributed by atoms with E-state index in [-0.39, 0.29) is 23.4 Å². The van der Waals surface area contributed by atoms with E-state index in [1.165, 1.54) is 12.1 Å². The molecule has 1 aromatic rings. The maximum Gasteiger partial charge on any atom is 0.307 e. The van der Waals surface area contributed by atoms with E-state index in [0.717, 1.165) is 19.3 Å². The van der Waals surface area contributed by atoms with Crippen LogP contribution in [-0.2, 0) is 21.2 Å². The van der Waals surface area contributed by atoms with Crippen LogP contribution >= 0.6 is 0 Å². The lowest BCUT2D eigenvalue weighted by atomic mass is 10.2. The van der Waals surface area contributed by atoms with Gasteiger partial charge in [0.1, 0.15) is 0 Å². The third-order valence-corrected chi connectivity index (χ3v) is 6.12. The van der Waals surface area contributed by atoms with Crippen molar-refractivity contribution in [1.29, 1.82) is 0 Å². The fourth-order valence-corrected chi connectivity index (χ4v) is 4.89. The molecule has 5 nitrogen and oxygen atoms in total. The number of rotatable bonds is 5. The second kappa shape index (κ2) is 6.15. The van der Waals surface area contributed by atoms with Gasteiger partial charge in [0.05, 0.1) is 11.3 Å². The minimum absolute atomic E-state index is 0.0126. The molecule has 6 heteroatoms. The molecule has 1 aliphatic heterocycles. The molecule has 0 aliphatic carbocycles. The van der Waals surface area contributed by atoms with Crippen molar-refractivity contribution in [1.82, 2.24) is 4.31 Å². The highest BCUT2D eigenvalue weighted by Crippen LogP contribution is 2.32. The molecule has 2 rings (SSSR count). The summed E-state index contributed by atoms with van der Waals surface area (Å²) in [4.78, 5) is 10.9. The average molecular weight is 311 g/mol. The van der Waals surface area contributed by atoms with Crippen LogP contribution in [0.2, 0.25) is 0 Å². The van der Waals surface area contributed by atoms with Gasteiger partial charge in [-0.2, -0.15) is 4.31 Å². The molecule has 0 spiro atoms. The minimum atomic E-state index is -3.51. The van der Waals surface area contributed by atoms with Gasteiger partial charge in [-0.1, -0.05) is 19.1 Å². The first-order chi connectivity index (χ1) is 9.86. The molecule has 2 unspecified atom stereocenters. The van der Waals surface area contributed by atoms with Crippen LogP contribution in [0.15, 0.2) is 29.2 Å². The molecule has 0 bridgehead atoms. The van der Waals surface area contributed by atoms with Crippen molar-refractivity contribution in [3.05, 3.63) is 29.8 Å². The summed E-state index contributed by atoms with van der Waals surface area (Å²) >= 11 is 0. The first-order valence-electron chi connectivity index (χ1n) is 7.20. The first-order valence-corrected chi connectivity index (χ1v) is 8.64. The maximum absolute atomic E-state index is 12.8. The van der Waals surface area contributed by atoms with Crippen molar-refractivity contribution in [3.63, 3.8) is 0 Å². The molecule has 0 saturated carbocycles. The Balaban J connectivity index is 2.29. The molecule has 1 N–H and O–H groups in total. The number of nitrogens with zero attached hydrogens (tertiary/aromatic N) is 1. The third kappa shape index (κ3) is 3.27. The number of aliphatic carboxylic acids is 1. The Kier molecular flexibility index (Phi) is 4.68. The zero-order valence-electron chi connectivity index (χ0n) is 12.3. The highest BCUT2D eigenvalue weighted by molar-refractivity contribution is 7.89. The molecule has 0 radical (unpaired) electrons. The van der Waals surface area contributed by atoms with E-state index >= 15 is 0 Å². The molecule has 1 saturated heterocycles. The van der Waals surface area contributed by atoms with E-state index in [1.807, 2.05) is 13.8 Å². The zero-order valence-corrected chi connectivity index (χ0v) is 13.1. The number of hydrogen-bond acceptors (Lipinski definition) is 3. The lowest BCUT2D eigenvalue weighted by molar-refractivity contribution is -0.136. The lowest BCUT2D eigenvalue weighted by Crippen LogP contribution is -2.39. The molecule has 1 aliphatic rings. The third-order valence-electron chi connectivity index (χ3n) is 4.04. The number of benzene rings is 1. The Bertz CT molecular complexity index is 609. The second-order valence-electron chi connectivity index (χ2n) is 5.54. The zero-order chi connectivity index (χ0) is 15.6. The summed E-state index contributed by atoms with van der Waals surface area (Å²) in [6.07, 6.45) is 2.49. The Hall–Kier alpha value is -1.40. The largest absolute Gasteiger partial charge is 0.481 e. The summed E-state index contributed by atoms with van der Waals surface area (Å²) in [7, 11) is -3.51. The Labute approximate surface area is 125 Å². The predicted molar refractivity (Wildman–Crippen MR) is 79.6 cm³/mol. The molecule has 21 heavy (non-hydrogen) atoms. The highest BCUT2D eigenvalue weighted by atomic mass is 32.2. The normalized spacial score (nSPS) is 23.3. The van der Waals surface area contributed by atoms with Crippen LogP contribution in [0.1, 0.15) is 38.7 Å². The van der Waals surface area contributed by atoms with Gasteiger partial charge < -0.3 is 5.11 Å². The van der Waals surface area contributed by atoms with E-state index in [0.29, 0.717) is 5.56 Å². The molecule has 2 atom stereocenters. The lowest BCUT2D eigenvalue weighted by Gasteiger charge is -2.27. The van der Waals surface area contributed by atoms with Gasteiger partial charge in [-0.15, -0.1) is 0 Å². The Morgan fingerprint density at radius 2 is 1.90 bits per heavy atom. The summed E-state index contributed by atoms with van der Waals surface area (Å²) in [5, 5.41) is 8.74. The van der Waals surface area contributed by atoms with Gasteiger partial charge in [0.15, 0.2) is 0 Å². The number of carboxylic acid groups (broad SMARTS) is 1. The molecule has 1 heterocycles. The maximum atomic E-state index is 12.8. The van der Waals surface area contributed by atoms with Crippen LogP contribution in [0.25, 0.3) is 0 Å². The van der Waals surface area contributed by atoms with Crippen molar-refractivity contribution in [3.8, 4) is 0 Å². The summed E-state index contributed by atoms with van der Waals surface area (Å²) in [6.45, 7) is 3.94. The second-order valence-corrected chi connectivity index (χ2v) is 7.38. The van der Waals surface area contributed by atoms with Gasteiger partial charge in [-0.3, -0.25) is 4.79 Å². The minimum Gasteiger partial charge on any atom is -0.481 e. The van der Waals surface area contributed by atoms with E-state index in [4.69, 9.17) is 5.11 Å². The van der Waals surface area contributed by atoms with Crippen LogP contribution in [0.3, 0.4) is 0 Å². The topological polar surface area (TPSA) is 74.7 Å². The van der Waals surface area contributed by atoms with Gasteiger partial charge in [0, 0.05) is 12.1 Å². The molecule has 0 aromatic heterocycles. The smallest absolute Gasteiger partial charge is 0.307 e. The van der Waals surface area contributed by atoms with Crippen molar-refractivity contribution in [2.75, 3.05) is 0 Å². The number of carboxylic acids is 1. The van der Waals surface area contributed by atoms with E-state index in [9.17, 15) is 13.2 Å². The van der Waals surface area contributed by atoms with Crippen molar-refractivity contribution < 1.29 is 18.3 Å². The van der Waals surface area contributed by atoms with E-state index in [2.05, 4.69) is 0 Å². The quantitative estimate of drug-likeness (QED) is 0.905. The fourth-order valence-electron chi connectivity index (χ4n) is 2.94. The monoisotopic (exact) mass is 311 g/mol. The van der Waals surface area contributed by atoms with Crippen molar-refractivity contribution in [2.45, 2.75) is 56.5 Å². The van der Waals surface area contributed by atoms with E-state index < -0.39 is 16.0 Å². The van der Waals surface area contributed by atoms with E-state index in [1.54, 1.807) is 16.4 Å². The molecule has 116 valence electrons. The Morgan fingerprint density at radius 1 is 1.29 bits per heavy atom. The molecule has 1 aromatic carbocycles. The summed E-state index contributed by atoms with van der Waals surface area (Å²) in [5.74, 6) is -0.926. The molecular weight excluding hydrogens is 290 g/mol. The van der Waals surface area contributed by atoms with Gasteiger partial charge in [0.2, 0.25) is 10.0 Å². The summed E-state index contributed by atoms with van der Waals surface area (Å²) < 4.78 is 27.1. The fraction of sp³-hybridized carbons (Fsp3) is 0.533.